The van der Waals surface area contributed by atoms with Gasteiger partial charge in [-0.3, -0.25) is 0 Å². The normalized spacial score (nSPS) is 45.0. The van der Waals surface area contributed by atoms with Gasteiger partial charge in [0.2, 0.25) is 0 Å². The summed E-state index contributed by atoms with van der Waals surface area (Å²) in [6, 6.07) is 0. The standard InChI is InChI=1S/C16H30O2/c1-4-11(5-2)13-9-12-8-6-7-10(3)15(17)14(12)16(13)18/h10-18H,4-9H2,1-3H3/t10-,12?,13-,14?,15?,16?/m0/s1. The largest absolute Gasteiger partial charge is 0.392 e. The lowest BCUT2D eigenvalue weighted by Crippen LogP contribution is -2.37. The van der Waals surface area contributed by atoms with Gasteiger partial charge in [-0.15, -0.1) is 0 Å². The van der Waals surface area contributed by atoms with E-state index in [1.807, 2.05) is 0 Å². The molecule has 2 aliphatic rings. The molecule has 2 nitrogen and oxygen atoms in total. The summed E-state index contributed by atoms with van der Waals surface area (Å²) in [5.74, 6) is 2.12. The third kappa shape index (κ3) is 2.46. The Morgan fingerprint density at radius 3 is 2.33 bits per heavy atom. The summed E-state index contributed by atoms with van der Waals surface area (Å²) in [5.41, 5.74) is 0. The molecular weight excluding hydrogens is 224 g/mol. The van der Waals surface area contributed by atoms with E-state index in [0.29, 0.717) is 23.7 Å². The van der Waals surface area contributed by atoms with Crippen LogP contribution in [0.1, 0.15) is 59.3 Å². The molecule has 0 aromatic rings. The molecule has 2 rings (SSSR count). The predicted molar refractivity (Wildman–Crippen MR) is 74.2 cm³/mol. The van der Waals surface area contributed by atoms with Crippen LogP contribution in [-0.2, 0) is 0 Å². The van der Waals surface area contributed by atoms with Crippen molar-refractivity contribution in [2.24, 2.45) is 29.6 Å². The molecule has 106 valence electrons. The van der Waals surface area contributed by atoms with Crippen molar-refractivity contribution in [2.45, 2.75) is 71.5 Å². The van der Waals surface area contributed by atoms with Crippen LogP contribution in [0.15, 0.2) is 0 Å². The number of aliphatic hydroxyl groups excluding tert-OH is 2. The molecule has 0 aliphatic heterocycles. The predicted octanol–water partition coefficient (Wildman–Crippen LogP) is 3.22. The topological polar surface area (TPSA) is 40.5 Å². The van der Waals surface area contributed by atoms with Crippen LogP contribution in [0.2, 0.25) is 0 Å². The number of rotatable bonds is 3. The van der Waals surface area contributed by atoms with Crippen molar-refractivity contribution in [3.8, 4) is 0 Å². The monoisotopic (exact) mass is 254 g/mol. The average Bonchev–Trinajstić information content (AvgIpc) is 2.60. The Morgan fingerprint density at radius 2 is 1.72 bits per heavy atom. The molecule has 0 spiro atoms. The summed E-state index contributed by atoms with van der Waals surface area (Å²) >= 11 is 0. The minimum atomic E-state index is -0.285. The fourth-order valence-corrected chi connectivity index (χ4v) is 4.62. The van der Waals surface area contributed by atoms with Crippen molar-refractivity contribution in [3.05, 3.63) is 0 Å². The van der Waals surface area contributed by atoms with Gasteiger partial charge in [-0.2, -0.15) is 0 Å². The zero-order valence-corrected chi connectivity index (χ0v) is 12.2. The number of aliphatic hydroxyl groups is 2. The first-order valence-corrected chi connectivity index (χ1v) is 7.96. The molecule has 0 amide bonds. The summed E-state index contributed by atoms with van der Waals surface area (Å²) in [6.07, 6.45) is 6.45. The van der Waals surface area contributed by atoms with Gasteiger partial charge in [0.05, 0.1) is 12.2 Å². The minimum absolute atomic E-state index is 0.146. The van der Waals surface area contributed by atoms with Gasteiger partial charge in [0.25, 0.3) is 0 Å². The molecule has 2 N–H and O–H groups in total. The summed E-state index contributed by atoms with van der Waals surface area (Å²) < 4.78 is 0. The maximum atomic E-state index is 10.7. The maximum absolute atomic E-state index is 10.7. The van der Waals surface area contributed by atoms with Crippen molar-refractivity contribution in [1.29, 1.82) is 0 Å². The van der Waals surface area contributed by atoms with Crippen LogP contribution in [0.4, 0.5) is 0 Å². The van der Waals surface area contributed by atoms with Crippen molar-refractivity contribution in [2.75, 3.05) is 0 Å². The van der Waals surface area contributed by atoms with E-state index in [2.05, 4.69) is 20.8 Å². The zero-order valence-electron chi connectivity index (χ0n) is 12.2. The molecule has 2 aliphatic carbocycles. The van der Waals surface area contributed by atoms with Crippen molar-refractivity contribution < 1.29 is 10.2 Å². The number of hydrogen-bond donors (Lipinski definition) is 2. The first-order valence-electron chi connectivity index (χ1n) is 7.96. The van der Waals surface area contributed by atoms with E-state index in [1.54, 1.807) is 0 Å². The van der Waals surface area contributed by atoms with Crippen LogP contribution in [0.25, 0.3) is 0 Å². The second kappa shape index (κ2) is 5.92. The fourth-order valence-electron chi connectivity index (χ4n) is 4.62. The third-order valence-corrected chi connectivity index (χ3v) is 5.82. The van der Waals surface area contributed by atoms with Crippen molar-refractivity contribution in [3.63, 3.8) is 0 Å². The summed E-state index contributed by atoms with van der Waals surface area (Å²) in [7, 11) is 0. The number of hydrogen-bond acceptors (Lipinski definition) is 2. The van der Waals surface area contributed by atoms with Crippen molar-refractivity contribution in [1.82, 2.24) is 0 Å². The Hall–Kier alpha value is -0.0800. The highest BCUT2D eigenvalue weighted by Crippen LogP contribution is 2.49. The molecule has 0 radical (unpaired) electrons. The first-order chi connectivity index (χ1) is 8.60. The van der Waals surface area contributed by atoms with E-state index >= 15 is 0 Å². The van der Waals surface area contributed by atoms with E-state index in [0.717, 1.165) is 25.7 Å². The molecule has 0 aromatic carbocycles. The Kier molecular flexibility index (Phi) is 4.71. The lowest BCUT2D eigenvalue weighted by atomic mass is 9.81. The van der Waals surface area contributed by atoms with E-state index in [4.69, 9.17) is 0 Å². The molecule has 18 heavy (non-hydrogen) atoms. The Morgan fingerprint density at radius 1 is 1.06 bits per heavy atom. The molecule has 6 atom stereocenters. The van der Waals surface area contributed by atoms with Gasteiger partial charge in [0, 0.05) is 5.92 Å². The number of fused-ring (bicyclic) bond motifs is 1. The Labute approximate surface area is 112 Å². The third-order valence-electron chi connectivity index (χ3n) is 5.82. The zero-order chi connectivity index (χ0) is 13.3. The Balaban J connectivity index is 2.14. The highest BCUT2D eigenvalue weighted by atomic mass is 16.3. The highest BCUT2D eigenvalue weighted by Gasteiger charge is 2.49. The van der Waals surface area contributed by atoms with E-state index in [9.17, 15) is 10.2 Å². The van der Waals surface area contributed by atoms with Gasteiger partial charge in [-0.05, 0) is 42.9 Å². The molecule has 2 saturated carbocycles. The molecule has 0 bridgehead atoms. The van der Waals surface area contributed by atoms with Gasteiger partial charge < -0.3 is 10.2 Å². The van der Waals surface area contributed by atoms with Crippen LogP contribution in [0, 0.1) is 29.6 Å². The van der Waals surface area contributed by atoms with Crippen LogP contribution in [0.3, 0.4) is 0 Å². The lowest BCUT2D eigenvalue weighted by Gasteiger charge is -2.30. The first kappa shape index (κ1) is 14.3. The molecular formula is C16H30O2. The summed E-state index contributed by atoms with van der Waals surface area (Å²) in [4.78, 5) is 0. The van der Waals surface area contributed by atoms with E-state index in [1.165, 1.54) is 12.8 Å². The van der Waals surface area contributed by atoms with E-state index in [-0.39, 0.29) is 18.1 Å². The minimum Gasteiger partial charge on any atom is -0.392 e. The van der Waals surface area contributed by atoms with Gasteiger partial charge in [-0.25, -0.2) is 0 Å². The van der Waals surface area contributed by atoms with Gasteiger partial charge in [0.1, 0.15) is 0 Å². The lowest BCUT2D eigenvalue weighted by molar-refractivity contribution is -0.0283. The molecule has 0 saturated heterocycles. The second-order valence-corrected chi connectivity index (χ2v) is 6.70. The molecule has 0 heterocycles. The Bertz CT molecular complexity index is 262. The highest BCUT2D eigenvalue weighted by molar-refractivity contribution is 4.98. The van der Waals surface area contributed by atoms with Crippen LogP contribution < -0.4 is 0 Å². The molecule has 0 aromatic heterocycles. The fraction of sp³-hybridized carbons (Fsp3) is 1.00. The summed E-state index contributed by atoms with van der Waals surface area (Å²) in [6.45, 7) is 6.60. The van der Waals surface area contributed by atoms with Crippen LogP contribution >= 0.6 is 0 Å². The molecule has 2 fully saturated rings. The van der Waals surface area contributed by atoms with Gasteiger partial charge in [-0.1, -0.05) is 40.0 Å². The second-order valence-electron chi connectivity index (χ2n) is 6.70. The molecule has 2 heteroatoms. The van der Waals surface area contributed by atoms with Crippen LogP contribution in [0.5, 0.6) is 0 Å². The molecule has 4 unspecified atom stereocenters. The summed E-state index contributed by atoms with van der Waals surface area (Å²) in [5, 5.41) is 21.2. The van der Waals surface area contributed by atoms with Crippen molar-refractivity contribution >= 4 is 0 Å². The van der Waals surface area contributed by atoms with Gasteiger partial charge in [0.15, 0.2) is 0 Å². The van der Waals surface area contributed by atoms with Gasteiger partial charge >= 0.3 is 0 Å². The SMILES string of the molecule is CCC(CC)[C@@H]1CC2CCC[C@H](C)C(O)C2C1O. The quantitative estimate of drug-likeness (QED) is 0.812. The maximum Gasteiger partial charge on any atom is 0.0626 e. The average molecular weight is 254 g/mol. The smallest absolute Gasteiger partial charge is 0.0626 e. The van der Waals surface area contributed by atoms with E-state index < -0.39 is 0 Å². The van der Waals surface area contributed by atoms with Crippen LogP contribution in [-0.4, -0.2) is 22.4 Å².